The number of benzene rings is 1. The van der Waals surface area contributed by atoms with Gasteiger partial charge in [-0.2, -0.15) is 0 Å². The zero-order valence-corrected chi connectivity index (χ0v) is 15.0. The molecule has 7 heteroatoms. The number of phenolic OH excluding ortho intramolecular Hbond substituents is 1. The molecule has 0 aliphatic rings. The lowest BCUT2D eigenvalue weighted by Crippen LogP contribution is -2.05. The van der Waals surface area contributed by atoms with Crippen molar-refractivity contribution in [1.82, 2.24) is 14.4 Å². The molecular weight excluding hydrogens is 346 g/mol. The van der Waals surface area contributed by atoms with Crippen molar-refractivity contribution in [3.05, 3.63) is 53.9 Å². The first kappa shape index (κ1) is 17.1. The molecular formula is C20H19N3O4. The third kappa shape index (κ3) is 3.02. The molecule has 0 saturated heterocycles. The number of esters is 1. The van der Waals surface area contributed by atoms with E-state index in [0.29, 0.717) is 24.4 Å². The van der Waals surface area contributed by atoms with Crippen LogP contribution in [0.5, 0.6) is 5.75 Å². The van der Waals surface area contributed by atoms with Crippen molar-refractivity contribution < 1.29 is 19.4 Å². The summed E-state index contributed by atoms with van der Waals surface area (Å²) < 4.78 is 12.3. The maximum Gasteiger partial charge on any atom is 0.338 e. The number of hydrogen-bond donors (Lipinski definition) is 2. The van der Waals surface area contributed by atoms with Crippen LogP contribution < -0.4 is 0 Å². The largest absolute Gasteiger partial charge is 0.508 e. The number of rotatable bonds is 5. The van der Waals surface area contributed by atoms with Crippen LogP contribution in [0.25, 0.3) is 27.9 Å². The van der Waals surface area contributed by atoms with Crippen molar-refractivity contribution >= 4 is 22.5 Å². The number of hydrogen-bond acceptors (Lipinski definition) is 5. The number of imidazole rings is 1. The molecule has 3 heterocycles. The van der Waals surface area contributed by atoms with Crippen LogP contribution in [0, 0.1) is 0 Å². The Balaban J connectivity index is 1.87. The van der Waals surface area contributed by atoms with Crippen LogP contribution in [0.1, 0.15) is 23.0 Å². The van der Waals surface area contributed by atoms with E-state index in [2.05, 4.69) is 4.98 Å². The van der Waals surface area contributed by atoms with E-state index in [9.17, 15) is 9.90 Å². The van der Waals surface area contributed by atoms with Gasteiger partial charge >= 0.3 is 5.97 Å². The van der Waals surface area contributed by atoms with Crippen molar-refractivity contribution in [3.63, 3.8) is 0 Å². The molecule has 27 heavy (non-hydrogen) atoms. The Kier molecular flexibility index (Phi) is 4.29. The summed E-state index contributed by atoms with van der Waals surface area (Å²) in [5.41, 5.74) is 4.30. The second kappa shape index (κ2) is 6.77. The molecule has 7 nitrogen and oxygen atoms in total. The Morgan fingerprint density at radius 1 is 1.26 bits per heavy atom. The van der Waals surface area contributed by atoms with Crippen molar-refractivity contribution in [2.75, 3.05) is 13.7 Å². The first-order valence-corrected chi connectivity index (χ1v) is 8.60. The lowest BCUT2D eigenvalue weighted by atomic mass is 10.2. The standard InChI is InChI=1S/C20H19N3O4/c1-3-27-20(25)13-6-7-23-17(11-26-2)19(22-18(23)9-13)16-8-12-4-5-14(24)10-15(12)21-16/h4-10,21,24H,3,11H2,1-2H3. The predicted octanol–water partition coefficient (Wildman–Crippen LogP) is 3.51. The van der Waals surface area contributed by atoms with Crippen molar-refractivity contribution in [1.29, 1.82) is 0 Å². The number of nitrogens with zero attached hydrogens (tertiary/aromatic N) is 2. The number of ether oxygens (including phenoxy) is 2. The Labute approximate surface area is 155 Å². The number of methoxy groups -OCH3 is 1. The van der Waals surface area contributed by atoms with Gasteiger partial charge in [-0.15, -0.1) is 0 Å². The van der Waals surface area contributed by atoms with Crippen LogP contribution in [-0.4, -0.2) is 39.2 Å². The number of carbonyl (C=O) groups excluding carboxylic acids is 1. The monoisotopic (exact) mass is 365 g/mol. The van der Waals surface area contributed by atoms with E-state index in [1.807, 2.05) is 16.5 Å². The van der Waals surface area contributed by atoms with Crippen molar-refractivity contribution in [2.24, 2.45) is 0 Å². The molecule has 0 aliphatic heterocycles. The second-order valence-corrected chi connectivity index (χ2v) is 6.16. The summed E-state index contributed by atoms with van der Waals surface area (Å²) in [7, 11) is 1.62. The highest BCUT2D eigenvalue weighted by atomic mass is 16.5. The minimum absolute atomic E-state index is 0.196. The van der Waals surface area contributed by atoms with E-state index in [0.717, 1.165) is 28.0 Å². The van der Waals surface area contributed by atoms with Crippen LogP contribution >= 0.6 is 0 Å². The van der Waals surface area contributed by atoms with E-state index >= 15 is 0 Å². The summed E-state index contributed by atoms with van der Waals surface area (Å²) in [6, 6.07) is 10.5. The van der Waals surface area contributed by atoms with Crippen LogP contribution in [0.2, 0.25) is 0 Å². The highest BCUT2D eigenvalue weighted by molar-refractivity contribution is 5.91. The molecule has 0 spiro atoms. The molecule has 0 unspecified atom stereocenters. The summed E-state index contributed by atoms with van der Waals surface area (Å²) in [6.07, 6.45) is 1.79. The van der Waals surface area contributed by atoms with Gasteiger partial charge < -0.3 is 24.0 Å². The van der Waals surface area contributed by atoms with E-state index in [1.54, 1.807) is 44.5 Å². The predicted molar refractivity (Wildman–Crippen MR) is 101 cm³/mol. The van der Waals surface area contributed by atoms with Gasteiger partial charge in [-0.25, -0.2) is 9.78 Å². The first-order valence-electron chi connectivity index (χ1n) is 8.60. The Hall–Kier alpha value is -3.32. The van der Waals surface area contributed by atoms with Crippen molar-refractivity contribution in [3.8, 4) is 17.1 Å². The molecule has 4 rings (SSSR count). The molecule has 3 aromatic heterocycles. The number of aromatic hydroxyl groups is 1. The van der Waals surface area contributed by atoms with Gasteiger partial charge in [-0.1, -0.05) is 0 Å². The topological polar surface area (TPSA) is 88.9 Å². The summed E-state index contributed by atoms with van der Waals surface area (Å²) in [4.78, 5) is 20.0. The fourth-order valence-corrected chi connectivity index (χ4v) is 3.17. The summed E-state index contributed by atoms with van der Waals surface area (Å²) in [5, 5.41) is 10.7. The Morgan fingerprint density at radius 2 is 2.11 bits per heavy atom. The zero-order valence-electron chi connectivity index (χ0n) is 15.0. The summed E-state index contributed by atoms with van der Waals surface area (Å²) in [6.45, 7) is 2.45. The number of aromatic nitrogens is 3. The number of pyridine rings is 1. The molecule has 0 radical (unpaired) electrons. The van der Waals surface area contributed by atoms with Gasteiger partial charge in [0, 0.05) is 30.3 Å². The van der Waals surface area contributed by atoms with Gasteiger partial charge in [0.2, 0.25) is 0 Å². The fourth-order valence-electron chi connectivity index (χ4n) is 3.17. The van der Waals surface area contributed by atoms with Gasteiger partial charge in [0.25, 0.3) is 0 Å². The summed E-state index contributed by atoms with van der Waals surface area (Å²) >= 11 is 0. The quantitative estimate of drug-likeness (QED) is 0.528. The highest BCUT2D eigenvalue weighted by Gasteiger charge is 2.18. The zero-order chi connectivity index (χ0) is 19.0. The minimum Gasteiger partial charge on any atom is -0.508 e. The number of aromatic amines is 1. The molecule has 0 bridgehead atoms. The molecule has 4 aromatic rings. The molecule has 0 aliphatic carbocycles. The van der Waals surface area contributed by atoms with Crippen LogP contribution in [0.15, 0.2) is 42.6 Å². The lowest BCUT2D eigenvalue weighted by Gasteiger charge is -2.04. The van der Waals surface area contributed by atoms with E-state index < -0.39 is 0 Å². The van der Waals surface area contributed by atoms with E-state index in [1.165, 1.54) is 0 Å². The molecule has 138 valence electrons. The summed E-state index contributed by atoms with van der Waals surface area (Å²) in [5.74, 6) is -0.180. The maximum atomic E-state index is 12.0. The van der Waals surface area contributed by atoms with Gasteiger partial charge in [0.15, 0.2) is 0 Å². The number of phenols is 1. The molecule has 1 aromatic carbocycles. The van der Waals surface area contributed by atoms with Gasteiger partial charge in [0.05, 0.1) is 30.2 Å². The Morgan fingerprint density at radius 3 is 2.89 bits per heavy atom. The normalized spacial score (nSPS) is 11.3. The number of carbonyl (C=O) groups is 1. The minimum atomic E-state index is -0.376. The molecule has 0 atom stereocenters. The average molecular weight is 365 g/mol. The van der Waals surface area contributed by atoms with E-state index in [-0.39, 0.29) is 11.7 Å². The van der Waals surface area contributed by atoms with Gasteiger partial charge in [-0.3, -0.25) is 0 Å². The third-order valence-corrected chi connectivity index (χ3v) is 4.38. The van der Waals surface area contributed by atoms with Gasteiger partial charge in [0.1, 0.15) is 17.1 Å². The van der Waals surface area contributed by atoms with Crippen molar-refractivity contribution in [2.45, 2.75) is 13.5 Å². The highest BCUT2D eigenvalue weighted by Crippen LogP contribution is 2.29. The van der Waals surface area contributed by atoms with E-state index in [4.69, 9.17) is 14.5 Å². The molecule has 0 fully saturated rings. The van der Waals surface area contributed by atoms with Gasteiger partial charge in [-0.05, 0) is 37.3 Å². The molecule has 0 saturated carbocycles. The van der Waals surface area contributed by atoms with Crippen LogP contribution in [0.3, 0.4) is 0 Å². The number of fused-ring (bicyclic) bond motifs is 2. The molecule has 2 N–H and O–H groups in total. The smallest absolute Gasteiger partial charge is 0.338 e. The van der Waals surface area contributed by atoms with Crippen LogP contribution in [-0.2, 0) is 16.1 Å². The first-order chi connectivity index (χ1) is 13.1. The number of nitrogens with one attached hydrogen (secondary N) is 1. The van der Waals surface area contributed by atoms with Crippen LogP contribution in [0.4, 0.5) is 0 Å². The molecule has 0 amide bonds. The second-order valence-electron chi connectivity index (χ2n) is 6.16. The third-order valence-electron chi connectivity index (χ3n) is 4.38. The average Bonchev–Trinajstić information content (AvgIpc) is 3.22. The number of H-pyrrole nitrogens is 1. The Bertz CT molecular complexity index is 1140. The lowest BCUT2D eigenvalue weighted by molar-refractivity contribution is 0.0526. The fraction of sp³-hybridized carbons (Fsp3) is 0.200. The maximum absolute atomic E-state index is 12.0. The SMILES string of the molecule is CCOC(=O)c1ccn2c(COC)c(-c3cc4ccc(O)cc4[nH]3)nc2c1.